The molecule has 3 aromatic carbocycles. The van der Waals surface area contributed by atoms with E-state index in [-0.39, 0.29) is 11.3 Å². The minimum Gasteiger partial charge on any atom is -0.507 e. The lowest BCUT2D eigenvalue weighted by Crippen LogP contribution is -2.29. The molecule has 1 amide bonds. The molecule has 1 fully saturated rings. The van der Waals surface area contributed by atoms with Gasteiger partial charge in [0.2, 0.25) is 0 Å². The summed E-state index contributed by atoms with van der Waals surface area (Å²) in [6, 6.07) is 16.7. The van der Waals surface area contributed by atoms with Crippen LogP contribution in [0.25, 0.3) is 5.76 Å². The number of aliphatic hydroxyl groups is 1. The Bertz CT molecular complexity index is 1400. The van der Waals surface area contributed by atoms with Crippen molar-refractivity contribution in [2.45, 2.75) is 26.3 Å². The number of aryl methyl sites for hydroxylation is 1. The molecule has 1 atom stereocenters. The number of amides is 1. The predicted octanol–water partition coefficient (Wildman–Crippen LogP) is 5.70. The number of fused-ring (bicyclic) bond motifs is 1. The largest absolute Gasteiger partial charge is 0.507 e. The highest BCUT2D eigenvalue weighted by molar-refractivity contribution is 6.51. The summed E-state index contributed by atoms with van der Waals surface area (Å²) in [5.74, 6) is -0.407. The molecule has 2 aliphatic rings. The molecular weight excluding hydrogens is 494 g/mol. The topological polar surface area (TPSA) is 85.3 Å². The van der Waals surface area contributed by atoms with Crippen LogP contribution in [-0.4, -0.2) is 36.6 Å². The van der Waals surface area contributed by atoms with Crippen LogP contribution in [0.3, 0.4) is 0 Å². The highest BCUT2D eigenvalue weighted by Gasteiger charge is 2.47. The SMILES string of the molecule is CCOc1cc(/C(O)=C2\C(=O)C(=O)N(c3ccc4c(c3)OCCO4)C2c2ccc(CC)cc2)ccc1Cl. The number of Topliss-reactive ketones (excluding diaryl/α,β-unsaturated/α-hetero) is 1. The molecule has 0 aliphatic carbocycles. The first-order chi connectivity index (χ1) is 17.9. The molecule has 5 rings (SSSR count). The molecule has 8 heteroatoms. The van der Waals surface area contributed by atoms with E-state index in [0.29, 0.717) is 58.9 Å². The van der Waals surface area contributed by atoms with E-state index in [4.69, 9.17) is 25.8 Å². The number of carbonyl (C=O) groups excluding carboxylic acids is 2. The van der Waals surface area contributed by atoms with Crippen LogP contribution in [0, 0.1) is 0 Å². The highest BCUT2D eigenvalue weighted by atomic mass is 35.5. The Labute approximate surface area is 219 Å². The molecule has 0 spiro atoms. The standard InChI is InChI=1S/C29H26ClNO6/c1-3-17-5-7-18(8-6-17)26-25(27(32)19-9-11-21(30)23(15-19)35-4-2)28(33)29(34)31(26)20-10-12-22-24(16-20)37-14-13-36-22/h5-12,15-16,26,32H,3-4,13-14H2,1-2H3/b27-25+. The van der Waals surface area contributed by atoms with Crippen molar-refractivity contribution >= 4 is 34.7 Å². The molecule has 1 saturated heterocycles. The van der Waals surface area contributed by atoms with Crippen molar-refractivity contribution in [3.05, 3.63) is 87.9 Å². The normalized spacial score (nSPS) is 18.2. The summed E-state index contributed by atoms with van der Waals surface area (Å²) in [5.41, 5.74) is 2.56. The van der Waals surface area contributed by atoms with E-state index in [1.807, 2.05) is 38.1 Å². The quantitative estimate of drug-likeness (QED) is 0.255. The first kappa shape index (κ1) is 24.7. The third kappa shape index (κ3) is 4.51. The molecule has 0 bridgehead atoms. The lowest BCUT2D eigenvalue weighted by molar-refractivity contribution is -0.132. The van der Waals surface area contributed by atoms with Crippen molar-refractivity contribution in [1.29, 1.82) is 0 Å². The summed E-state index contributed by atoms with van der Waals surface area (Å²) in [5, 5.41) is 11.8. The molecule has 37 heavy (non-hydrogen) atoms. The fraction of sp³-hybridized carbons (Fsp3) is 0.241. The Balaban J connectivity index is 1.68. The summed E-state index contributed by atoms with van der Waals surface area (Å²) >= 11 is 6.23. The van der Waals surface area contributed by atoms with Gasteiger partial charge in [0.05, 0.1) is 23.2 Å². The van der Waals surface area contributed by atoms with Crippen LogP contribution in [0.15, 0.2) is 66.2 Å². The van der Waals surface area contributed by atoms with Gasteiger partial charge in [-0.25, -0.2) is 0 Å². The molecule has 0 saturated carbocycles. The van der Waals surface area contributed by atoms with Crippen molar-refractivity contribution in [2.75, 3.05) is 24.7 Å². The van der Waals surface area contributed by atoms with Crippen LogP contribution in [-0.2, 0) is 16.0 Å². The van der Waals surface area contributed by atoms with Gasteiger partial charge in [0, 0.05) is 17.3 Å². The zero-order valence-electron chi connectivity index (χ0n) is 20.5. The van der Waals surface area contributed by atoms with Gasteiger partial charge in [-0.1, -0.05) is 42.8 Å². The third-order valence-corrected chi connectivity index (χ3v) is 6.77. The number of benzene rings is 3. The second-order valence-corrected chi connectivity index (χ2v) is 9.08. The second kappa shape index (κ2) is 10.2. The van der Waals surface area contributed by atoms with E-state index in [0.717, 1.165) is 12.0 Å². The van der Waals surface area contributed by atoms with Crippen molar-refractivity contribution in [2.24, 2.45) is 0 Å². The number of rotatable bonds is 6. The van der Waals surface area contributed by atoms with E-state index in [2.05, 4.69) is 0 Å². The van der Waals surface area contributed by atoms with E-state index in [1.54, 1.807) is 36.4 Å². The van der Waals surface area contributed by atoms with E-state index >= 15 is 0 Å². The maximum atomic E-state index is 13.5. The van der Waals surface area contributed by atoms with Crippen LogP contribution >= 0.6 is 11.6 Å². The summed E-state index contributed by atoms with van der Waals surface area (Å²) in [6.45, 7) is 5.07. The number of ether oxygens (including phenoxy) is 3. The minimum absolute atomic E-state index is 0.0195. The van der Waals surface area contributed by atoms with Crippen molar-refractivity contribution in [3.8, 4) is 17.2 Å². The van der Waals surface area contributed by atoms with Gasteiger partial charge in [-0.3, -0.25) is 14.5 Å². The van der Waals surface area contributed by atoms with Gasteiger partial charge in [0.1, 0.15) is 24.7 Å². The Morgan fingerprint density at radius 2 is 1.73 bits per heavy atom. The molecule has 190 valence electrons. The molecule has 2 aliphatic heterocycles. The molecule has 3 aromatic rings. The number of hydrogen-bond donors (Lipinski definition) is 1. The van der Waals surface area contributed by atoms with Gasteiger partial charge in [0.15, 0.2) is 11.5 Å². The maximum Gasteiger partial charge on any atom is 0.300 e. The average molecular weight is 520 g/mol. The second-order valence-electron chi connectivity index (χ2n) is 8.67. The fourth-order valence-corrected chi connectivity index (χ4v) is 4.78. The third-order valence-electron chi connectivity index (χ3n) is 6.46. The summed E-state index contributed by atoms with van der Waals surface area (Å²) in [4.78, 5) is 28.3. The molecule has 1 unspecified atom stereocenters. The van der Waals surface area contributed by atoms with Crippen molar-refractivity contribution < 1.29 is 28.9 Å². The van der Waals surface area contributed by atoms with Crippen LogP contribution in [0.5, 0.6) is 17.2 Å². The van der Waals surface area contributed by atoms with Gasteiger partial charge < -0.3 is 19.3 Å². The summed E-state index contributed by atoms with van der Waals surface area (Å²) < 4.78 is 16.9. The molecule has 0 aromatic heterocycles. The van der Waals surface area contributed by atoms with E-state index < -0.39 is 17.7 Å². The van der Waals surface area contributed by atoms with Gasteiger partial charge in [-0.05, 0) is 54.8 Å². The number of halogens is 1. The molecule has 1 N–H and O–H groups in total. The van der Waals surface area contributed by atoms with Crippen LogP contribution in [0.1, 0.15) is 36.6 Å². The predicted molar refractivity (Wildman–Crippen MR) is 141 cm³/mol. The Hall–Kier alpha value is -3.97. The summed E-state index contributed by atoms with van der Waals surface area (Å²) in [6.07, 6.45) is 0.841. The number of ketones is 1. The molecular formula is C29H26ClNO6. The zero-order chi connectivity index (χ0) is 26.1. The monoisotopic (exact) mass is 519 g/mol. The lowest BCUT2D eigenvalue weighted by Gasteiger charge is -2.27. The number of carbonyl (C=O) groups is 2. The molecule has 0 radical (unpaired) electrons. The Kier molecular flexibility index (Phi) is 6.80. The van der Waals surface area contributed by atoms with Gasteiger partial charge in [0.25, 0.3) is 11.7 Å². The number of aliphatic hydroxyl groups excluding tert-OH is 1. The number of nitrogens with zero attached hydrogens (tertiary/aromatic N) is 1. The van der Waals surface area contributed by atoms with Gasteiger partial charge in [-0.15, -0.1) is 0 Å². The van der Waals surface area contributed by atoms with Crippen LogP contribution < -0.4 is 19.1 Å². The average Bonchev–Trinajstić information content (AvgIpc) is 3.19. The van der Waals surface area contributed by atoms with E-state index in [1.165, 1.54) is 4.90 Å². The first-order valence-electron chi connectivity index (χ1n) is 12.1. The fourth-order valence-electron chi connectivity index (χ4n) is 4.60. The number of anilines is 1. The number of hydrogen-bond acceptors (Lipinski definition) is 6. The minimum atomic E-state index is -0.861. The van der Waals surface area contributed by atoms with Gasteiger partial charge in [-0.2, -0.15) is 0 Å². The zero-order valence-corrected chi connectivity index (χ0v) is 21.2. The Morgan fingerprint density at radius 3 is 2.43 bits per heavy atom. The van der Waals surface area contributed by atoms with Gasteiger partial charge >= 0.3 is 0 Å². The lowest BCUT2D eigenvalue weighted by atomic mass is 9.94. The molecule has 2 heterocycles. The van der Waals surface area contributed by atoms with E-state index in [9.17, 15) is 14.7 Å². The molecule has 7 nitrogen and oxygen atoms in total. The van der Waals surface area contributed by atoms with Crippen molar-refractivity contribution in [3.63, 3.8) is 0 Å². The van der Waals surface area contributed by atoms with Crippen LogP contribution in [0.4, 0.5) is 5.69 Å². The highest BCUT2D eigenvalue weighted by Crippen LogP contribution is 2.45. The van der Waals surface area contributed by atoms with Crippen LogP contribution in [0.2, 0.25) is 5.02 Å². The Morgan fingerprint density at radius 1 is 1.00 bits per heavy atom. The summed E-state index contributed by atoms with van der Waals surface area (Å²) in [7, 11) is 0. The smallest absolute Gasteiger partial charge is 0.300 e. The first-order valence-corrected chi connectivity index (χ1v) is 12.5. The maximum absolute atomic E-state index is 13.5. The van der Waals surface area contributed by atoms with Crippen molar-refractivity contribution in [1.82, 2.24) is 0 Å².